The van der Waals surface area contributed by atoms with Crippen LogP contribution in [0.15, 0.2) is 49.6 Å². The Morgan fingerprint density at radius 1 is 0.591 bits per heavy atom. The van der Waals surface area contributed by atoms with E-state index in [9.17, 15) is 0 Å². The molecule has 0 bridgehead atoms. The van der Waals surface area contributed by atoms with Crippen molar-refractivity contribution in [3.05, 3.63) is 53.7 Å². The van der Waals surface area contributed by atoms with Crippen LogP contribution in [0.1, 0.15) is 38.1 Å². The number of furan rings is 3. The Morgan fingerprint density at radius 3 is 1.14 bits per heavy atom. The molecule has 3 nitrogen and oxygen atoms in total. The molecule has 0 saturated heterocycles. The average Bonchev–Trinajstić information content (AvgIpc) is 3.28. The third-order valence-electron chi connectivity index (χ3n) is 3.65. The lowest BCUT2D eigenvalue weighted by atomic mass is 10.4. The second kappa shape index (κ2) is 6.58. The van der Waals surface area contributed by atoms with Crippen LogP contribution in [-0.4, -0.2) is 0 Å². The zero-order chi connectivity index (χ0) is 15.5. The number of rotatable bonds is 6. The lowest BCUT2D eigenvalue weighted by molar-refractivity contribution is 0.531. The van der Waals surface area contributed by atoms with Crippen molar-refractivity contribution in [3.8, 4) is 0 Å². The first-order valence-electron chi connectivity index (χ1n) is 7.81. The fraction of sp³-hybridized carbons (Fsp3) is 0.333. The van der Waals surface area contributed by atoms with Crippen LogP contribution in [0, 0.1) is 0 Å². The van der Waals surface area contributed by atoms with E-state index >= 15 is 0 Å². The molecule has 3 aromatic heterocycles. The van der Waals surface area contributed by atoms with Crippen LogP contribution in [0.3, 0.4) is 0 Å². The second-order valence-electron chi connectivity index (χ2n) is 5.12. The first-order chi connectivity index (χ1) is 10.7. The Labute approximate surface area is 132 Å². The Morgan fingerprint density at radius 2 is 0.909 bits per heavy atom. The minimum absolute atomic E-state index is 0.889. The Balaban J connectivity index is 2.04. The Kier molecular flexibility index (Phi) is 4.54. The maximum absolute atomic E-state index is 6.00. The van der Waals surface area contributed by atoms with E-state index in [0.717, 1.165) is 53.0 Å². The smallest absolute Gasteiger partial charge is 0.141 e. The van der Waals surface area contributed by atoms with Gasteiger partial charge in [0.25, 0.3) is 0 Å². The fourth-order valence-electron chi connectivity index (χ4n) is 2.36. The molecule has 116 valence electrons. The molecule has 22 heavy (non-hydrogen) atoms. The molecule has 3 heterocycles. The van der Waals surface area contributed by atoms with Crippen molar-refractivity contribution in [1.29, 1.82) is 0 Å². The molecule has 0 fully saturated rings. The Bertz CT molecular complexity index is 634. The van der Waals surface area contributed by atoms with Gasteiger partial charge in [-0.15, -0.1) is 0 Å². The van der Waals surface area contributed by atoms with Gasteiger partial charge in [0.2, 0.25) is 0 Å². The number of hydrogen-bond acceptors (Lipinski definition) is 3. The summed E-state index contributed by atoms with van der Waals surface area (Å²) in [5.74, 6) is 2.98. The molecule has 0 aliphatic rings. The highest BCUT2D eigenvalue weighted by molar-refractivity contribution is 7.78. The first-order valence-corrected chi connectivity index (χ1v) is 9.15. The summed E-state index contributed by atoms with van der Waals surface area (Å²) in [6.07, 6.45) is 2.67. The molecule has 3 rings (SSSR count). The largest absolute Gasteiger partial charge is 0.461 e. The van der Waals surface area contributed by atoms with Gasteiger partial charge >= 0.3 is 0 Å². The second-order valence-corrected chi connectivity index (χ2v) is 7.11. The van der Waals surface area contributed by atoms with Crippen LogP contribution < -0.4 is 16.5 Å². The van der Waals surface area contributed by atoms with E-state index in [1.165, 1.54) is 0 Å². The quantitative estimate of drug-likeness (QED) is 0.647. The van der Waals surface area contributed by atoms with Crippen molar-refractivity contribution in [3.63, 3.8) is 0 Å². The van der Waals surface area contributed by atoms with Crippen molar-refractivity contribution in [2.75, 3.05) is 0 Å². The molecule has 0 spiro atoms. The van der Waals surface area contributed by atoms with Gasteiger partial charge in [0, 0.05) is 19.3 Å². The summed E-state index contributed by atoms with van der Waals surface area (Å²) in [4.78, 5) is 0. The van der Waals surface area contributed by atoms with Gasteiger partial charge in [-0.2, -0.15) is 0 Å². The maximum Gasteiger partial charge on any atom is 0.141 e. The molecule has 0 atom stereocenters. The first kappa shape index (κ1) is 15.2. The van der Waals surface area contributed by atoms with Crippen LogP contribution in [0.5, 0.6) is 0 Å². The lowest BCUT2D eigenvalue weighted by Crippen LogP contribution is -2.17. The predicted octanol–water partition coefficient (Wildman–Crippen LogP) is 3.91. The van der Waals surface area contributed by atoms with Gasteiger partial charge in [-0.25, -0.2) is 0 Å². The third-order valence-corrected chi connectivity index (χ3v) is 5.69. The van der Waals surface area contributed by atoms with Crippen molar-refractivity contribution in [2.45, 2.75) is 40.0 Å². The topological polar surface area (TPSA) is 39.4 Å². The highest BCUT2D eigenvalue weighted by Gasteiger charge is 2.26. The maximum atomic E-state index is 6.00. The number of aryl methyl sites for hydroxylation is 3. The van der Waals surface area contributed by atoms with Crippen molar-refractivity contribution >= 4 is 24.4 Å². The van der Waals surface area contributed by atoms with Crippen molar-refractivity contribution in [1.82, 2.24) is 0 Å². The summed E-state index contributed by atoms with van der Waals surface area (Å²) in [5, 5.41) is 0. The summed E-state index contributed by atoms with van der Waals surface area (Å²) in [5.41, 5.74) is 2.79. The van der Waals surface area contributed by atoms with Crippen LogP contribution in [-0.2, 0) is 19.3 Å². The van der Waals surface area contributed by atoms with Crippen LogP contribution in [0.25, 0.3) is 0 Å². The third kappa shape index (κ3) is 2.91. The van der Waals surface area contributed by atoms with E-state index < -0.39 is 7.92 Å². The normalized spacial score (nSPS) is 11.5. The van der Waals surface area contributed by atoms with E-state index in [4.69, 9.17) is 13.3 Å². The van der Waals surface area contributed by atoms with E-state index in [2.05, 4.69) is 20.8 Å². The highest BCUT2D eigenvalue weighted by atomic mass is 31.1. The number of hydrogen-bond donors (Lipinski definition) is 0. The highest BCUT2D eigenvalue weighted by Crippen LogP contribution is 2.35. The lowest BCUT2D eigenvalue weighted by Gasteiger charge is -2.09. The van der Waals surface area contributed by atoms with Gasteiger partial charge in [0.15, 0.2) is 0 Å². The fourth-order valence-corrected chi connectivity index (χ4v) is 4.30. The van der Waals surface area contributed by atoms with Crippen molar-refractivity contribution < 1.29 is 13.3 Å². The van der Waals surface area contributed by atoms with Gasteiger partial charge in [-0.05, 0) is 36.4 Å². The molecule has 0 aliphatic carbocycles. The minimum atomic E-state index is -0.901. The van der Waals surface area contributed by atoms with Crippen LogP contribution in [0.4, 0.5) is 0 Å². The molecular formula is C18H21O3P. The van der Waals surface area contributed by atoms with Gasteiger partial charge in [-0.3, -0.25) is 0 Å². The molecule has 0 N–H and O–H groups in total. The molecule has 0 aliphatic heterocycles. The zero-order valence-electron chi connectivity index (χ0n) is 13.3. The Hall–Kier alpha value is -1.73. The van der Waals surface area contributed by atoms with Gasteiger partial charge < -0.3 is 13.3 Å². The van der Waals surface area contributed by atoms with E-state index in [0.29, 0.717) is 0 Å². The molecule has 0 unspecified atom stereocenters. The summed E-state index contributed by atoms with van der Waals surface area (Å²) >= 11 is 0. The monoisotopic (exact) mass is 316 g/mol. The van der Waals surface area contributed by atoms with Gasteiger partial charge in [0.1, 0.15) is 41.7 Å². The molecule has 4 heteroatoms. The summed E-state index contributed by atoms with van der Waals surface area (Å²) in [6.45, 7) is 6.28. The van der Waals surface area contributed by atoms with Crippen LogP contribution >= 0.6 is 7.92 Å². The van der Waals surface area contributed by atoms with E-state index in [1.54, 1.807) is 0 Å². The van der Waals surface area contributed by atoms with Gasteiger partial charge in [-0.1, -0.05) is 20.8 Å². The standard InChI is InChI=1S/C18H21O3P/c1-4-13-7-10-16(19-13)22(17-11-8-14(5-2)20-17)18-12-9-15(6-3)21-18/h7-12H,4-6H2,1-3H3. The SMILES string of the molecule is CCc1ccc(P(c2ccc(CC)o2)c2ccc(CC)o2)o1. The van der Waals surface area contributed by atoms with E-state index in [1.807, 2.05) is 36.4 Å². The summed E-state index contributed by atoms with van der Waals surface area (Å²) < 4.78 is 18.0. The molecule has 0 saturated carbocycles. The van der Waals surface area contributed by atoms with Crippen molar-refractivity contribution in [2.24, 2.45) is 0 Å². The molecule has 0 amide bonds. The molecule has 0 radical (unpaired) electrons. The molecule has 0 aromatic carbocycles. The van der Waals surface area contributed by atoms with E-state index in [-0.39, 0.29) is 0 Å². The predicted molar refractivity (Wildman–Crippen MR) is 90.1 cm³/mol. The summed E-state index contributed by atoms with van der Waals surface area (Å²) in [7, 11) is -0.901. The summed E-state index contributed by atoms with van der Waals surface area (Å²) in [6, 6.07) is 12.3. The molecular weight excluding hydrogens is 295 g/mol. The average molecular weight is 316 g/mol. The van der Waals surface area contributed by atoms with Gasteiger partial charge in [0.05, 0.1) is 0 Å². The zero-order valence-corrected chi connectivity index (χ0v) is 14.2. The minimum Gasteiger partial charge on any atom is -0.461 e. The molecule has 3 aromatic rings. The van der Waals surface area contributed by atoms with Crippen LogP contribution in [0.2, 0.25) is 0 Å².